The molecule has 0 saturated carbocycles. The van der Waals surface area contributed by atoms with Crippen LogP contribution in [-0.4, -0.2) is 5.91 Å². The summed E-state index contributed by atoms with van der Waals surface area (Å²) in [5.41, 5.74) is 1.18. The first-order chi connectivity index (χ1) is 14.5. The number of carbonyl (C=O) groups is 1. The maximum atomic E-state index is 13.7. The van der Waals surface area contributed by atoms with Crippen LogP contribution in [0.15, 0.2) is 72.3 Å². The van der Waals surface area contributed by atoms with Gasteiger partial charge in [-0.1, -0.05) is 53.5 Å². The summed E-state index contributed by atoms with van der Waals surface area (Å²) in [5.74, 6) is -0.761. The van der Waals surface area contributed by atoms with Gasteiger partial charge in [-0.2, -0.15) is 5.26 Å². The van der Waals surface area contributed by atoms with Gasteiger partial charge in [0, 0.05) is 15.6 Å². The van der Waals surface area contributed by atoms with Crippen molar-refractivity contribution in [3.8, 4) is 11.8 Å². The molecule has 0 unspecified atom stereocenters. The number of nitrogens with zero attached hydrogens (tertiary/aromatic N) is 1. The number of carbonyl (C=O) groups excluding carboxylic acids is 1. The molecule has 1 N–H and O–H groups in total. The number of halogens is 3. The molecule has 7 heteroatoms. The predicted octanol–water partition coefficient (Wildman–Crippen LogP) is 6.26. The first kappa shape index (κ1) is 21.4. The van der Waals surface area contributed by atoms with E-state index < -0.39 is 11.7 Å². The largest absolute Gasteiger partial charge is 0.489 e. The number of rotatable bonds is 6. The molecule has 0 aliphatic heterocycles. The Balaban J connectivity index is 1.73. The van der Waals surface area contributed by atoms with Gasteiger partial charge in [0.25, 0.3) is 5.91 Å². The van der Waals surface area contributed by atoms with Crippen molar-refractivity contribution in [2.75, 3.05) is 5.32 Å². The molecule has 0 atom stereocenters. The molecule has 150 valence electrons. The van der Waals surface area contributed by atoms with Gasteiger partial charge in [0.2, 0.25) is 0 Å². The molecule has 0 aliphatic carbocycles. The van der Waals surface area contributed by atoms with Crippen molar-refractivity contribution in [1.29, 1.82) is 5.26 Å². The zero-order valence-electron chi connectivity index (χ0n) is 15.5. The summed E-state index contributed by atoms with van der Waals surface area (Å²) in [6, 6.07) is 19.6. The van der Waals surface area contributed by atoms with Gasteiger partial charge in [-0.25, -0.2) is 4.39 Å². The van der Waals surface area contributed by atoms with Gasteiger partial charge >= 0.3 is 0 Å². The zero-order chi connectivity index (χ0) is 21.5. The van der Waals surface area contributed by atoms with Crippen molar-refractivity contribution < 1.29 is 13.9 Å². The summed E-state index contributed by atoms with van der Waals surface area (Å²) in [5, 5.41) is 12.8. The molecular weight excluding hydrogens is 426 g/mol. The monoisotopic (exact) mass is 440 g/mol. The molecule has 0 fully saturated rings. The minimum atomic E-state index is -0.707. The van der Waals surface area contributed by atoms with Crippen LogP contribution in [0.25, 0.3) is 6.08 Å². The summed E-state index contributed by atoms with van der Waals surface area (Å²) in [4.78, 5) is 12.3. The van der Waals surface area contributed by atoms with E-state index in [1.807, 2.05) is 6.07 Å². The first-order valence-electron chi connectivity index (χ1n) is 8.81. The molecule has 0 spiro atoms. The second-order valence-electron chi connectivity index (χ2n) is 6.20. The Hall–Kier alpha value is -3.33. The highest BCUT2D eigenvalue weighted by Crippen LogP contribution is 2.23. The Kier molecular flexibility index (Phi) is 7.08. The highest BCUT2D eigenvalue weighted by atomic mass is 35.5. The lowest BCUT2D eigenvalue weighted by Crippen LogP contribution is -2.14. The molecule has 0 saturated heterocycles. The van der Waals surface area contributed by atoms with Crippen LogP contribution in [0.4, 0.5) is 10.1 Å². The van der Waals surface area contributed by atoms with Gasteiger partial charge in [-0.15, -0.1) is 0 Å². The van der Waals surface area contributed by atoms with E-state index in [9.17, 15) is 14.4 Å². The van der Waals surface area contributed by atoms with E-state index in [2.05, 4.69) is 5.32 Å². The molecule has 0 bridgehead atoms. The number of hydrogen-bond acceptors (Lipinski definition) is 3. The lowest BCUT2D eigenvalue weighted by Gasteiger charge is -2.09. The number of ether oxygens (including phenoxy) is 1. The highest BCUT2D eigenvalue weighted by Gasteiger charge is 2.12. The smallest absolute Gasteiger partial charge is 0.266 e. The van der Waals surface area contributed by atoms with Gasteiger partial charge in [0.05, 0.1) is 5.69 Å². The minimum absolute atomic E-state index is 0.000534. The molecule has 3 rings (SSSR count). The molecular formula is C23H15Cl2FN2O2. The van der Waals surface area contributed by atoms with E-state index in [0.717, 1.165) is 5.56 Å². The van der Waals surface area contributed by atoms with E-state index >= 15 is 0 Å². The molecule has 4 nitrogen and oxygen atoms in total. The lowest BCUT2D eigenvalue weighted by molar-refractivity contribution is -0.112. The maximum absolute atomic E-state index is 13.7. The van der Waals surface area contributed by atoms with E-state index in [4.69, 9.17) is 27.9 Å². The van der Waals surface area contributed by atoms with Gasteiger partial charge < -0.3 is 10.1 Å². The van der Waals surface area contributed by atoms with E-state index in [-0.39, 0.29) is 17.9 Å². The molecule has 0 aromatic heterocycles. The Morgan fingerprint density at radius 3 is 2.63 bits per heavy atom. The Morgan fingerprint density at radius 2 is 1.90 bits per heavy atom. The highest BCUT2D eigenvalue weighted by molar-refractivity contribution is 6.35. The summed E-state index contributed by atoms with van der Waals surface area (Å²) < 4.78 is 19.5. The van der Waals surface area contributed by atoms with Crippen LogP contribution in [0.1, 0.15) is 11.1 Å². The molecule has 0 radical (unpaired) electrons. The van der Waals surface area contributed by atoms with Crippen LogP contribution in [0.2, 0.25) is 10.0 Å². The molecule has 1 amide bonds. The van der Waals surface area contributed by atoms with E-state index in [1.165, 1.54) is 24.3 Å². The maximum Gasteiger partial charge on any atom is 0.266 e. The quantitative estimate of drug-likeness (QED) is 0.363. The van der Waals surface area contributed by atoms with Crippen LogP contribution in [0.5, 0.6) is 5.75 Å². The Labute approximate surface area is 183 Å². The predicted molar refractivity (Wildman–Crippen MR) is 116 cm³/mol. The standard InChI is InChI=1S/C23H15Cl2FN2O2/c24-18-9-8-16(20(25)12-18)14-30-19-5-3-4-15(11-19)10-17(13-27)23(29)28-22-7-2-1-6-21(22)26/h1-12H,14H2,(H,28,29)/b17-10-. The fourth-order valence-electron chi connectivity index (χ4n) is 2.56. The second kappa shape index (κ2) is 9.93. The van der Waals surface area contributed by atoms with Gasteiger partial charge in [-0.3, -0.25) is 4.79 Å². The van der Waals surface area contributed by atoms with Crippen LogP contribution < -0.4 is 10.1 Å². The summed E-state index contributed by atoms with van der Waals surface area (Å²) >= 11 is 12.0. The molecule has 30 heavy (non-hydrogen) atoms. The van der Waals surface area contributed by atoms with Crippen molar-refractivity contribution in [3.63, 3.8) is 0 Å². The zero-order valence-corrected chi connectivity index (χ0v) is 17.0. The third-order valence-corrected chi connectivity index (χ3v) is 4.65. The molecule has 3 aromatic carbocycles. The average Bonchev–Trinajstić information content (AvgIpc) is 2.73. The fraction of sp³-hybridized carbons (Fsp3) is 0.0435. The van der Waals surface area contributed by atoms with Crippen LogP contribution >= 0.6 is 23.2 Å². The van der Waals surface area contributed by atoms with Crippen molar-refractivity contribution >= 4 is 40.9 Å². The number of nitrogens with one attached hydrogen (secondary N) is 1. The second-order valence-corrected chi connectivity index (χ2v) is 7.04. The summed E-state index contributed by atoms with van der Waals surface area (Å²) in [6.07, 6.45) is 1.40. The average molecular weight is 441 g/mol. The van der Waals surface area contributed by atoms with E-state index in [0.29, 0.717) is 21.4 Å². The Bertz CT molecular complexity index is 1160. The van der Waals surface area contributed by atoms with Crippen molar-refractivity contribution in [3.05, 3.63) is 99.3 Å². The summed E-state index contributed by atoms with van der Waals surface area (Å²) in [6.45, 7) is 0.224. The molecule has 3 aromatic rings. The van der Waals surface area contributed by atoms with Crippen LogP contribution in [0, 0.1) is 17.1 Å². The third-order valence-electron chi connectivity index (χ3n) is 4.07. The third kappa shape index (κ3) is 5.60. The topological polar surface area (TPSA) is 62.1 Å². The van der Waals surface area contributed by atoms with Gasteiger partial charge in [0.1, 0.15) is 29.8 Å². The molecule has 0 aliphatic rings. The number of benzene rings is 3. The number of anilines is 1. The van der Waals surface area contributed by atoms with Crippen molar-refractivity contribution in [2.24, 2.45) is 0 Å². The SMILES string of the molecule is N#C/C(=C/c1cccc(OCc2ccc(Cl)cc2Cl)c1)C(=O)Nc1ccccc1F. The van der Waals surface area contributed by atoms with Gasteiger partial charge in [0.15, 0.2) is 0 Å². The number of nitriles is 1. The first-order valence-corrected chi connectivity index (χ1v) is 9.56. The van der Waals surface area contributed by atoms with Crippen LogP contribution in [0.3, 0.4) is 0 Å². The number of para-hydroxylation sites is 1. The normalized spacial score (nSPS) is 10.9. The summed E-state index contributed by atoms with van der Waals surface area (Å²) in [7, 11) is 0. The Morgan fingerprint density at radius 1 is 1.10 bits per heavy atom. The number of hydrogen-bond donors (Lipinski definition) is 1. The van der Waals surface area contributed by atoms with Crippen molar-refractivity contribution in [2.45, 2.75) is 6.61 Å². The fourth-order valence-corrected chi connectivity index (χ4v) is 3.02. The lowest BCUT2D eigenvalue weighted by atomic mass is 10.1. The number of amides is 1. The van der Waals surface area contributed by atoms with Crippen molar-refractivity contribution in [1.82, 2.24) is 0 Å². The van der Waals surface area contributed by atoms with Gasteiger partial charge in [-0.05, 0) is 48.0 Å². The molecule has 0 heterocycles. The van der Waals surface area contributed by atoms with Crippen LogP contribution in [-0.2, 0) is 11.4 Å². The van der Waals surface area contributed by atoms with E-state index in [1.54, 1.807) is 48.5 Å². The minimum Gasteiger partial charge on any atom is -0.489 e.